The number of hydrogen-bond donors (Lipinski definition) is 0. The number of para-hydroxylation sites is 1. The molecule has 2 aliphatic rings. The van der Waals surface area contributed by atoms with E-state index in [1.54, 1.807) is 0 Å². The largest absolute Gasteiger partial charge is 0.450 e. The molecule has 0 N–H and O–H groups in total. The van der Waals surface area contributed by atoms with Gasteiger partial charge in [0, 0.05) is 16.4 Å². The highest BCUT2D eigenvalue weighted by Gasteiger charge is 2.55. The van der Waals surface area contributed by atoms with Crippen LogP contribution in [-0.4, -0.2) is 25.1 Å². The van der Waals surface area contributed by atoms with Crippen LogP contribution in [0.1, 0.15) is 52.7 Å². The van der Waals surface area contributed by atoms with Crippen LogP contribution in [0, 0.1) is 0 Å². The van der Waals surface area contributed by atoms with E-state index in [0.717, 1.165) is 44.8 Å². The third kappa shape index (κ3) is 3.03. The summed E-state index contributed by atoms with van der Waals surface area (Å²) in [5.74, 6) is 2.26. The minimum absolute atomic E-state index is 0.0969. The van der Waals surface area contributed by atoms with Crippen molar-refractivity contribution in [2.45, 2.75) is 58.0 Å². The SMILES string of the molecule is CC1(C)c2ccccc2-c2cc3c(cc21)nc1n3C(C)(C)C(C)(C)N1c1nc(-c2ccccc2)nc2c1oc1ccccc12. The Hall–Kier alpha value is -4.97. The zero-order valence-corrected chi connectivity index (χ0v) is 25.8. The molecule has 44 heavy (non-hydrogen) atoms. The van der Waals surface area contributed by atoms with E-state index in [0.29, 0.717) is 11.4 Å². The average molecular weight is 576 g/mol. The topological polar surface area (TPSA) is 60.0 Å². The third-order valence-corrected chi connectivity index (χ3v) is 10.6. The molecule has 6 heteroatoms. The van der Waals surface area contributed by atoms with Gasteiger partial charge in [0.25, 0.3) is 0 Å². The lowest BCUT2D eigenvalue weighted by molar-refractivity contribution is 0.252. The molecule has 9 rings (SSSR count). The fourth-order valence-electron chi connectivity index (χ4n) is 7.56. The predicted molar refractivity (Wildman–Crippen MR) is 178 cm³/mol. The molecule has 4 heterocycles. The van der Waals surface area contributed by atoms with Crippen LogP contribution in [0.5, 0.6) is 0 Å². The van der Waals surface area contributed by atoms with Crippen LogP contribution >= 0.6 is 0 Å². The van der Waals surface area contributed by atoms with Crippen LogP contribution in [0.4, 0.5) is 11.8 Å². The van der Waals surface area contributed by atoms with Gasteiger partial charge in [-0.1, -0.05) is 80.6 Å². The Balaban J connectivity index is 1.36. The molecular weight excluding hydrogens is 542 g/mol. The van der Waals surface area contributed by atoms with Crippen molar-refractivity contribution in [1.82, 2.24) is 19.5 Å². The number of anilines is 2. The smallest absolute Gasteiger partial charge is 0.213 e. The van der Waals surface area contributed by atoms with Crippen molar-refractivity contribution in [2.24, 2.45) is 0 Å². The van der Waals surface area contributed by atoms with Gasteiger partial charge < -0.3 is 8.98 Å². The highest BCUT2D eigenvalue weighted by Crippen LogP contribution is 2.55. The summed E-state index contributed by atoms with van der Waals surface area (Å²) in [5, 5.41) is 0.977. The number of imidazole rings is 1. The molecule has 0 bridgehead atoms. The van der Waals surface area contributed by atoms with Gasteiger partial charge in [0.05, 0.1) is 22.1 Å². The molecule has 0 saturated carbocycles. The average Bonchev–Trinajstić information content (AvgIpc) is 3.68. The number of nitrogens with zero attached hydrogens (tertiary/aromatic N) is 5. The molecule has 0 radical (unpaired) electrons. The molecule has 0 unspecified atom stereocenters. The molecule has 7 aromatic rings. The molecule has 4 aromatic carbocycles. The first-order valence-electron chi connectivity index (χ1n) is 15.3. The Labute approximate surface area is 256 Å². The Morgan fingerprint density at radius 2 is 1.39 bits per heavy atom. The number of furan rings is 1. The lowest BCUT2D eigenvalue weighted by Gasteiger charge is -2.41. The van der Waals surface area contributed by atoms with Crippen LogP contribution in [0.15, 0.2) is 95.4 Å². The summed E-state index contributed by atoms with van der Waals surface area (Å²) in [4.78, 5) is 18.0. The third-order valence-electron chi connectivity index (χ3n) is 10.6. The molecule has 0 fully saturated rings. The quantitative estimate of drug-likeness (QED) is 0.206. The van der Waals surface area contributed by atoms with Gasteiger partial charge in [0.2, 0.25) is 5.95 Å². The highest BCUT2D eigenvalue weighted by atomic mass is 16.3. The first-order chi connectivity index (χ1) is 21.1. The summed E-state index contributed by atoms with van der Waals surface area (Å²) >= 11 is 0. The van der Waals surface area contributed by atoms with Crippen LogP contribution in [-0.2, 0) is 11.0 Å². The van der Waals surface area contributed by atoms with E-state index < -0.39 is 5.54 Å². The van der Waals surface area contributed by atoms with Crippen molar-refractivity contribution in [3.8, 4) is 22.5 Å². The molecule has 216 valence electrons. The molecule has 0 saturated heterocycles. The molecule has 1 aliphatic heterocycles. The second-order valence-electron chi connectivity index (χ2n) is 13.8. The Kier molecular flexibility index (Phi) is 4.72. The van der Waals surface area contributed by atoms with E-state index in [1.165, 1.54) is 22.3 Å². The molecular formula is C38H33N5O. The summed E-state index contributed by atoms with van der Waals surface area (Å²) in [6, 6.07) is 31.7. The minimum atomic E-state index is -0.409. The molecule has 3 aromatic heterocycles. The summed E-state index contributed by atoms with van der Waals surface area (Å²) in [7, 11) is 0. The van der Waals surface area contributed by atoms with E-state index >= 15 is 0 Å². The summed E-state index contributed by atoms with van der Waals surface area (Å²) in [5.41, 5.74) is 9.81. The van der Waals surface area contributed by atoms with Crippen molar-refractivity contribution in [2.75, 3.05) is 4.90 Å². The number of benzene rings is 4. The first kappa shape index (κ1) is 25.5. The summed E-state index contributed by atoms with van der Waals surface area (Å²) in [6.07, 6.45) is 0. The van der Waals surface area contributed by atoms with Gasteiger partial charge in [0.15, 0.2) is 17.2 Å². The molecule has 1 aliphatic carbocycles. The van der Waals surface area contributed by atoms with Gasteiger partial charge in [-0.05, 0) is 74.2 Å². The van der Waals surface area contributed by atoms with Gasteiger partial charge >= 0.3 is 0 Å². The maximum Gasteiger partial charge on any atom is 0.213 e. The van der Waals surface area contributed by atoms with Crippen LogP contribution in [0.2, 0.25) is 0 Å². The lowest BCUT2D eigenvalue weighted by Crippen LogP contribution is -2.50. The molecule has 0 atom stereocenters. The van der Waals surface area contributed by atoms with E-state index in [-0.39, 0.29) is 11.0 Å². The van der Waals surface area contributed by atoms with Crippen LogP contribution < -0.4 is 4.90 Å². The summed E-state index contributed by atoms with van der Waals surface area (Å²) in [6.45, 7) is 13.8. The maximum atomic E-state index is 6.56. The fourth-order valence-corrected chi connectivity index (χ4v) is 7.56. The normalized spacial score (nSPS) is 17.4. The zero-order chi connectivity index (χ0) is 30.2. The molecule has 0 spiro atoms. The van der Waals surface area contributed by atoms with Crippen molar-refractivity contribution in [1.29, 1.82) is 0 Å². The lowest BCUT2D eigenvalue weighted by atomic mass is 9.81. The van der Waals surface area contributed by atoms with Gasteiger partial charge in [-0.2, -0.15) is 0 Å². The van der Waals surface area contributed by atoms with Gasteiger partial charge in [-0.25, -0.2) is 15.0 Å². The summed E-state index contributed by atoms with van der Waals surface area (Å²) < 4.78 is 8.98. The number of rotatable bonds is 2. The van der Waals surface area contributed by atoms with E-state index in [1.807, 2.05) is 36.4 Å². The van der Waals surface area contributed by atoms with Crippen molar-refractivity contribution in [3.05, 3.63) is 102 Å². The molecule has 6 nitrogen and oxygen atoms in total. The number of fused-ring (bicyclic) bond motifs is 9. The van der Waals surface area contributed by atoms with Gasteiger partial charge in [0.1, 0.15) is 11.1 Å². The minimum Gasteiger partial charge on any atom is -0.450 e. The van der Waals surface area contributed by atoms with Crippen LogP contribution in [0.25, 0.3) is 55.6 Å². The van der Waals surface area contributed by atoms with Crippen molar-refractivity contribution >= 4 is 44.9 Å². The maximum absolute atomic E-state index is 6.56. The van der Waals surface area contributed by atoms with E-state index in [2.05, 4.69) is 106 Å². The van der Waals surface area contributed by atoms with Crippen molar-refractivity contribution in [3.63, 3.8) is 0 Å². The van der Waals surface area contributed by atoms with Gasteiger partial charge in [-0.15, -0.1) is 0 Å². The number of aromatic nitrogens is 4. The van der Waals surface area contributed by atoms with E-state index in [9.17, 15) is 0 Å². The highest BCUT2D eigenvalue weighted by molar-refractivity contribution is 6.07. The second kappa shape index (κ2) is 8.14. The Morgan fingerprint density at radius 1 is 0.659 bits per heavy atom. The number of hydrogen-bond acceptors (Lipinski definition) is 5. The predicted octanol–water partition coefficient (Wildman–Crippen LogP) is 9.36. The van der Waals surface area contributed by atoms with Crippen LogP contribution in [0.3, 0.4) is 0 Å². The van der Waals surface area contributed by atoms with Gasteiger partial charge in [-0.3, -0.25) is 4.90 Å². The van der Waals surface area contributed by atoms with E-state index in [4.69, 9.17) is 19.4 Å². The Bertz CT molecular complexity index is 2320. The van der Waals surface area contributed by atoms with Crippen molar-refractivity contribution < 1.29 is 4.42 Å². The molecule has 0 amide bonds. The zero-order valence-electron chi connectivity index (χ0n) is 25.8. The monoisotopic (exact) mass is 575 g/mol. The fraction of sp³-hybridized carbons (Fsp3) is 0.237. The standard InChI is InChI=1S/C38H33N5O/c1-36(2)26-18-12-10-16-23(26)25-20-29-28(21-27(25)36)39-35-42(29)37(3,4)38(5,6)43(35)34-32-31(24-17-11-13-19-30(24)44-32)40-33(41-34)22-14-8-7-9-15-22/h7-21H,1-6H3. The second-order valence-corrected chi connectivity index (χ2v) is 13.8. The first-order valence-corrected chi connectivity index (χ1v) is 15.3. The Morgan fingerprint density at radius 3 is 2.20 bits per heavy atom.